The summed E-state index contributed by atoms with van der Waals surface area (Å²) in [5, 5.41) is 7.79. The van der Waals surface area contributed by atoms with Crippen molar-refractivity contribution in [2.45, 2.75) is 31.7 Å². The maximum atomic E-state index is 4.29. The van der Waals surface area contributed by atoms with Crippen molar-refractivity contribution >= 4 is 0 Å². The highest BCUT2D eigenvalue weighted by molar-refractivity contribution is 5.15. The second-order valence-corrected chi connectivity index (χ2v) is 5.34. The van der Waals surface area contributed by atoms with Gasteiger partial charge in [0.2, 0.25) is 0 Å². The third kappa shape index (κ3) is 1.49. The van der Waals surface area contributed by atoms with Gasteiger partial charge < -0.3 is 5.32 Å². The van der Waals surface area contributed by atoms with Crippen LogP contribution in [0, 0.1) is 17.8 Å². The van der Waals surface area contributed by atoms with E-state index in [0.717, 1.165) is 17.8 Å². The van der Waals surface area contributed by atoms with Crippen molar-refractivity contribution in [2.24, 2.45) is 24.8 Å². The summed E-state index contributed by atoms with van der Waals surface area (Å²) in [7, 11) is 4.13. The lowest BCUT2D eigenvalue weighted by atomic mass is 10.0. The zero-order valence-electron chi connectivity index (χ0n) is 10.2. The van der Waals surface area contributed by atoms with E-state index in [4.69, 9.17) is 0 Å². The van der Waals surface area contributed by atoms with Crippen molar-refractivity contribution in [3.05, 3.63) is 18.0 Å². The molecule has 2 saturated carbocycles. The van der Waals surface area contributed by atoms with Crippen LogP contribution in [0.25, 0.3) is 0 Å². The predicted molar refractivity (Wildman–Crippen MR) is 63.9 cm³/mol. The first kappa shape index (κ1) is 10.3. The van der Waals surface area contributed by atoms with Crippen LogP contribution in [0.4, 0.5) is 0 Å². The molecule has 0 bridgehead atoms. The monoisotopic (exact) mass is 219 g/mol. The van der Waals surface area contributed by atoms with Crippen LogP contribution in [0.15, 0.2) is 12.3 Å². The first-order valence-electron chi connectivity index (χ1n) is 6.48. The maximum Gasteiger partial charge on any atom is 0.0553 e. The van der Waals surface area contributed by atoms with Crippen molar-refractivity contribution in [2.75, 3.05) is 7.05 Å². The van der Waals surface area contributed by atoms with Crippen LogP contribution >= 0.6 is 0 Å². The van der Waals surface area contributed by atoms with Crippen molar-refractivity contribution in [1.29, 1.82) is 0 Å². The minimum absolute atomic E-state index is 0.514. The van der Waals surface area contributed by atoms with Crippen LogP contribution in [0.1, 0.15) is 37.4 Å². The molecular weight excluding hydrogens is 198 g/mol. The molecule has 1 heterocycles. The lowest BCUT2D eigenvalue weighted by Crippen LogP contribution is -2.22. The van der Waals surface area contributed by atoms with E-state index < -0.39 is 0 Å². The molecule has 3 unspecified atom stereocenters. The smallest absolute Gasteiger partial charge is 0.0553 e. The van der Waals surface area contributed by atoms with Crippen LogP contribution in [0.5, 0.6) is 0 Å². The second-order valence-electron chi connectivity index (χ2n) is 5.34. The minimum atomic E-state index is 0.514. The Morgan fingerprint density at radius 2 is 2.06 bits per heavy atom. The molecule has 1 aromatic rings. The van der Waals surface area contributed by atoms with Gasteiger partial charge in [-0.05, 0) is 43.7 Å². The van der Waals surface area contributed by atoms with E-state index >= 15 is 0 Å². The zero-order chi connectivity index (χ0) is 11.1. The number of aryl methyl sites for hydroxylation is 1. The van der Waals surface area contributed by atoms with Gasteiger partial charge in [0, 0.05) is 13.2 Å². The largest absolute Gasteiger partial charge is 0.311 e. The molecule has 1 aromatic heterocycles. The summed E-state index contributed by atoms with van der Waals surface area (Å²) in [5.74, 6) is 2.84. The van der Waals surface area contributed by atoms with Gasteiger partial charge in [-0.3, -0.25) is 4.68 Å². The fourth-order valence-corrected chi connectivity index (χ4v) is 3.77. The van der Waals surface area contributed by atoms with Crippen LogP contribution in [-0.2, 0) is 7.05 Å². The van der Waals surface area contributed by atoms with Crippen LogP contribution in [0.2, 0.25) is 0 Å². The lowest BCUT2D eigenvalue weighted by Gasteiger charge is -2.16. The summed E-state index contributed by atoms with van der Waals surface area (Å²) >= 11 is 0. The van der Waals surface area contributed by atoms with Crippen molar-refractivity contribution < 1.29 is 0 Å². The predicted octanol–water partition coefficient (Wildman–Crippen LogP) is 2.12. The summed E-state index contributed by atoms with van der Waals surface area (Å²) in [5.41, 5.74) is 1.35. The molecule has 0 saturated heterocycles. The van der Waals surface area contributed by atoms with E-state index in [-0.39, 0.29) is 0 Å². The molecule has 0 aromatic carbocycles. The Kier molecular flexibility index (Phi) is 2.51. The zero-order valence-corrected chi connectivity index (χ0v) is 10.2. The van der Waals surface area contributed by atoms with Gasteiger partial charge in [-0.2, -0.15) is 5.10 Å². The average molecular weight is 219 g/mol. The molecule has 88 valence electrons. The summed E-state index contributed by atoms with van der Waals surface area (Å²) in [6.07, 6.45) is 7.70. The minimum Gasteiger partial charge on any atom is -0.311 e. The fourth-order valence-electron chi connectivity index (χ4n) is 3.77. The van der Waals surface area contributed by atoms with Crippen molar-refractivity contribution in [3.8, 4) is 0 Å². The number of nitrogens with one attached hydrogen (secondary N) is 1. The highest BCUT2D eigenvalue weighted by atomic mass is 15.3. The molecule has 2 fully saturated rings. The topological polar surface area (TPSA) is 29.9 Å². The molecular formula is C13H21N3. The Labute approximate surface area is 97.2 Å². The fraction of sp³-hybridized carbons (Fsp3) is 0.769. The quantitative estimate of drug-likeness (QED) is 0.844. The van der Waals surface area contributed by atoms with Gasteiger partial charge in [0.1, 0.15) is 0 Å². The van der Waals surface area contributed by atoms with Gasteiger partial charge in [-0.1, -0.05) is 12.8 Å². The Balaban J connectivity index is 1.80. The number of rotatable bonds is 3. The molecule has 3 atom stereocenters. The Bertz CT molecular complexity index is 359. The summed E-state index contributed by atoms with van der Waals surface area (Å²) < 4.78 is 2.02. The Hall–Kier alpha value is -0.830. The maximum absolute atomic E-state index is 4.29. The molecule has 0 spiro atoms. The number of nitrogens with zero attached hydrogens (tertiary/aromatic N) is 2. The Morgan fingerprint density at radius 1 is 1.38 bits per heavy atom. The first-order chi connectivity index (χ1) is 7.83. The van der Waals surface area contributed by atoms with Gasteiger partial charge in [-0.25, -0.2) is 0 Å². The standard InChI is InChI=1S/C13H21N3/c1-14-13(11-7-8-15-16(11)2)12-9-5-3-4-6-10(9)12/h7-10,12-14H,3-6H2,1-2H3. The number of fused-ring (bicyclic) bond motifs is 1. The molecule has 0 amide bonds. The molecule has 0 radical (unpaired) electrons. The first-order valence-corrected chi connectivity index (χ1v) is 6.48. The lowest BCUT2D eigenvalue weighted by molar-refractivity contribution is 0.451. The third-order valence-corrected chi connectivity index (χ3v) is 4.60. The van der Waals surface area contributed by atoms with E-state index in [1.807, 2.05) is 17.9 Å². The van der Waals surface area contributed by atoms with Gasteiger partial charge in [-0.15, -0.1) is 0 Å². The number of hydrogen-bond donors (Lipinski definition) is 1. The summed E-state index contributed by atoms with van der Waals surface area (Å²) in [6.45, 7) is 0. The second kappa shape index (κ2) is 3.88. The van der Waals surface area contributed by atoms with E-state index in [1.165, 1.54) is 31.4 Å². The van der Waals surface area contributed by atoms with E-state index in [1.54, 1.807) is 0 Å². The molecule has 1 N–H and O–H groups in total. The third-order valence-electron chi connectivity index (χ3n) is 4.60. The molecule has 0 aliphatic heterocycles. The summed E-state index contributed by atoms with van der Waals surface area (Å²) in [6, 6.07) is 2.67. The van der Waals surface area contributed by atoms with E-state index in [2.05, 4.69) is 23.5 Å². The van der Waals surface area contributed by atoms with E-state index in [0.29, 0.717) is 6.04 Å². The van der Waals surface area contributed by atoms with Gasteiger partial charge in [0.05, 0.1) is 11.7 Å². The average Bonchev–Trinajstić information content (AvgIpc) is 2.87. The molecule has 2 aliphatic carbocycles. The van der Waals surface area contributed by atoms with E-state index in [9.17, 15) is 0 Å². The van der Waals surface area contributed by atoms with Crippen molar-refractivity contribution in [1.82, 2.24) is 15.1 Å². The highest BCUT2D eigenvalue weighted by Crippen LogP contribution is 2.60. The van der Waals surface area contributed by atoms with Crippen molar-refractivity contribution in [3.63, 3.8) is 0 Å². The van der Waals surface area contributed by atoms with Crippen LogP contribution < -0.4 is 5.32 Å². The SMILES string of the molecule is CNC(c1ccnn1C)C1C2CCCCC21. The van der Waals surface area contributed by atoms with Gasteiger partial charge in [0.25, 0.3) is 0 Å². The summed E-state index contributed by atoms with van der Waals surface area (Å²) in [4.78, 5) is 0. The molecule has 3 heteroatoms. The molecule has 16 heavy (non-hydrogen) atoms. The number of aromatic nitrogens is 2. The van der Waals surface area contributed by atoms with Gasteiger partial charge >= 0.3 is 0 Å². The molecule has 3 rings (SSSR count). The van der Waals surface area contributed by atoms with Crippen LogP contribution in [0.3, 0.4) is 0 Å². The van der Waals surface area contributed by atoms with Gasteiger partial charge in [0.15, 0.2) is 0 Å². The number of hydrogen-bond acceptors (Lipinski definition) is 2. The Morgan fingerprint density at radius 3 is 2.56 bits per heavy atom. The van der Waals surface area contributed by atoms with Crippen LogP contribution in [-0.4, -0.2) is 16.8 Å². The molecule has 3 nitrogen and oxygen atoms in total. The molecule has 2 aliphatic rings. The normalized spacial score (nSPS) is 34.5. The highest BCUT2D eigenvalue weighted by Gasteiger charge is 2.54.